The van der Waals surface area contributed by atoms with Crippen LogP contribution in [0.3, 0.4) is 0 Å². The van der Waals surface area contributed by atoms with E-state index in [0.29, 0.717) is 12.3 Å². The SMILES string of the molecule is C=C(/C=C(\C=C(\C)[C@H](C)CC)C(=O)CCC/C=C1/Nc2ccc(C)cc2N1C)C1=C(OC)CC[N+](C)=C1C. The van der Waals surface area contributed by atoms with Crippen molar-refractivity contribution in [2.45, 2.75) is 66.7 Å². The van der Waals surface area contributed by atoms with E-state index in [0.717, 1.165) is 71.9 Å². The predicted octanol–water partition coefficient (Wildman–Crippen LogP) is 7.32. The van der Waals surface area contributed by atoms with E-state index in [-0.39, 0.29) is 5.78 Å². The number of nitrogens with zero attached hydrogens (tertiary/aromatic N) is 2. The number of rotatable bonds is 11. The Kier molecular flexibility index (Phi) is 9.96. The van der Waals surface area contributed by atoms with Gasteiger partial charge >= 0.3 is 0 Å². The molecule has 3 rings (SSSR count). The van der Waals surface area contributed by atoms with Crippen molar-refractivity contribution in [3.63, 3.8) is 0 Å². The Balaban J connectivity index is 1.77. The van der Waals surface area contributed by atoms with E-state index in [2.05, 4.69) is 100 Å². The van der Waals surface area contributed by atoms with Crippen molar-refractivity contribution in [1.29, 1.82) is 0 Å². The number of allylic oxidation sites excluding steroid dienone is 7. The van der Waals surface area contributed by atoms with Crippen molar-refractivity contribution in [3.8, 4) is 0 Å². The average Bonchev–Trinajstić information content (AvgIpc) is 3.21. The fourth-order valence-electron chi connectivity index (χ4n) is 4.95. The summed E-state index contributed by atoms with van der Waals surface area (Å²) in [5.41, 5.74) is 8.46. The van der Waals surface area contributed by atoms with Gasteiger partial charge in [-0.1, -0.05) is 38.1 Å². The summed E-state index contributed by atoms with van der Waals surface area (Å²) in [6.45, 7) is 16.0. The molecule has 0 saturated heterocycles. The molecule has 0 unspecified atom stereocenters. The van der Waals surface area contributed by atoms with Gasteiger partial charge in [-0.2, -0.15) is 0 Å². The monoisotopic (exact) mass is 516 g/mol. The van der Waals surface area contributed by atoms with Crippen LogP contribution in [0.2, 0.25) is 0 Å². The summed E-state index contributed by atoms with van der Waals surface area (Å²) in [7, 11) is 5.88. The molecule has 0 fully saturated rings. The van der Waals surface area contributed by atoms with Crippen LogP contribution in [0.4, 0.5) is 11.4 Å². The van der Waals surface area contributed by atoms with Crippen LogP contribution in [0.1, 0.15) is 65.4 Å². The molecule has 0 aromatic heterocycles. The van der Waals surface area contributed by atoms with Gasteiger partial charge in [-0.3, -0.25) is 4.79 Å². The third kappa shape index (κ3) is 6.75. The summed E-state index contributed by atoms with van der Waals surface area (Å²) in [5, 5.41) is 3.49. The first-order valence-electron chi connectivity index (χ1n) is 13.8. The van der Waals surface area contributed by atoms with Crippen LogP contribution in [0, 0.1) is 12.8 Å². The quantitative estimate of drug-likeness (QED) is 0.145. The van der Waals surface area contributed by atoms with E-state index in [1.165, 1.54) is 16.8 Å². The number of hydrogen-bond donors (Lipinski definition) is 1. The highest BCUT2D eigenvalue weighted by Gasteiger charge is 2.25. The van der Waals surface area contributed by atoms with Gasteiger partial charge in [0, 0.05) is 26.0 Å². The summed E-state index contributed by atoms with van der Waals surface area (Å²) in [6, 6.07) is 6.43. The Labute approximate surface area is 230 Å². The predicted molar refractivity (Wildman–Crippen MR) is 161 cm³/mol. The Morgan fingerprint density at radius 1 is 1.29 bits per heavy atom. The molecule has 1 N–H and O–H groups in total. The van der Waals surface area contributed by atoms with Gasteiger partial charge in [0.15, 0.2) is 11.5 Å². The molecule has 0 bridgehead atoms. The number of fused-ring (bicyclic) bond motifs is 1. The maximum atomic E-state index is 13.5. The molecule has 2 aliphatic rings. The molecule has 1 aromatic carbocycles. The molecule has 2 aliphatic heterocycles. The number of anilines is 2. The lowest BCUT2D eigenvalue weighted by Crippen LogP contribution is -2.25. The van der Waals surface area contributed by atoms with Crippen molar-refractivity contribution in [1.82, 2.24) is 0 Å². The number of benzene rings is 1. The molecule has 5 nitrogen and oxygen atoms in total. The van der Waals surface area contributed by atoms with Crippen molar-refractivity contribution < 1.29 is 14.1 Å². The average molecular weight is 517 g/mol. The number of carbonyl (C=O) groups is 1. The van der Waals surface area contributed by atoms with E-state index in [4.69, 9.17) is 4.74 Å². The molecule has 0 spiro atoms. The number of Topliss-reactive ketones (excluding diaryl/α,β-unsaturated/α-hetero) is 1. The molecule has 1 atom stereocenters. The Morgan fingerprint density at radius 3 is 2.71 bits per heavy atom. The summed E-state index contributed by atoms with van der Waals surface area (Å²) in [5.74, 6) is 2.58. The van der Waals surface area contributed by atoms with Gasteiger partial charge < -0.3 is 15.0 Å². The molecule has 0 saturated carbocycles. The molecule has 204 valence electrons. The summed E-state index contributed by atoms with van der Waals surface area (Å²) in [4.78, 5) is 15.7. The minimum Gasteiger partial charge on any atom is -0.500 e. The topological polar surface area (TPSA) is 44.6 Å². The van der Waals surface area contributed by atoms with Gasteiger partial charge in [0.1, 0.15) is 25.2 Å². The van der Waals surface area contributed by atoms with E-state index in [9.17, 15) is 4.79 Å². The van der Waals surface area contributed by atoms with Gasteiger partial charge in [0.2, 0.25) is 0 Å². The molecule has 2 heterocycles. The molecule has 0 amide bonds. The number of hydrogen-bond acceptors (Lipinski definition) is 4. The largest absolute Gasteiger partial charge is 0.500 e. The number of carbonyl (C=O) groups excluding carboxylic acids is 1. The highest BCUT2D eigenvalue weighted by atomic mass is 16.5. The number of unbranched alkanes of at least 4 members (excludes halogenated alkanes) is 1. The van der Waals surface area contributed by atoms with Crippen LogP contribution in [-0.4, -0.2) is 43.8 Å². The smallest absolute Gasteiger partial charge is 0.183 e. The summed E-state index contributed by atoms with van der Waals surface area (Å²) >= 11 is 0. The maximum absolute atomic E-state index is 13.5. The first kappa shape index (κ1) is 29.2. The van der Waals surface area contributed by atoms with Gasteiger partial charge in [-0.05, 0) is 74.4 Å². The van der Waals surface area contributed by atoms with Crippen molar-refractivity contribution in [3.05, 3.63) is 82.4 Å². The van der Waals surface area contributed by atoms with E-state index in [1.54, 1.807) is 7.11 Å². The Bertz CT molecular complexity index is 1240. The lowest BCUT2D eigenvalue weighted by atomic mass is 9.91. The summed E-state index contributed by atoms with van der Waals surface area (Å²) in [6.07, 6.45) is 10.2. The molecule has 0 aliphatic carbocycles. The standard InChI is InChI=1S/C33H46N3O2/c1-10-23(3)24(4)20-27(21-25(5)33-26(6)35(7)18-17-31(33)38-9)30(37)13-11-12-14-32-34-28-16-15-22(2)19-29(28)36(32)8/h14-16,19-21,23,34H,5,10-13,17-18H2,1-4,6-9H3/q+1/b24-20-,27-21+,32-14-/t23-/m1/s1. The van der Waals surface area contributed by atoms with E-state index >= 15 is 0 Å². The number of ketones is 1. The highest BCUT2D eigenvalue weighted by Crippen LogP contribution is 2.36. The van der Waals surface area contributed by atoms with E-state index in [1.807, 2.05) is 6.08 Å². The third-order valence-corrected chi connectivity index (χ3v) is 7.96. The second-order valence-corrected chi connectivity index (χ2v) is 10.7. The van der Waals surface area contributed by atoms with E-state index < -0.39 is 0 Å². The normalized spacial score (nSPS) is 18.1. The van der Waals surface area contributed by atoms with Crippen LogP contribution < -0.4 is 10.2 Å². The zero-order valence-corrected chi connectivity index (χ0v) is 24.7. The van der Waals surface area contributed by atoms with Gasteiger partial charge in [0.25, 0.3) is 0 Å². The van der Waals surface area contributed by atoms with Crippen LogP contribution in [0.15, 0.2) is 76.9 Å². The zero-order chi connectivity index (χ0) is 28.0. The molecule has 0 radical (unpaired) electrons. The minimum absolute atomic E-state index is 0.153. The van der Waals surface area contributed by atoms with Crippen molar-refractivity contribution >= 4 is 22.9 Å². The third-order valence-electron chi connectivity index (χ3n) is 7.96. The maximum Gasteiger partial charge on any atom is 0.183 e. The first-order valence-corrected chi connectivity index (χ1v) is 13.8. The first-order chi connectivity index (χ1) is 18.1. The van der Waals surface area contributed by atoms with Gasteiger partial charge in [-0.15, -0.1) is 0 Å². The molecule has 5 heteroatoms. The molecular formula is C33H46N3O2+. The van der Waals surface area contributed by atoms with Crippen LogP contribution in [0.25, 0.3) is 0 Å². The summed E-state index contributed by atoms with van der Waals surface area (Å²) < 4.78 is 7.94. The lowest BCUT2D eigenvalue weighted by Gasteiger charge is -2.18. The fourth-order valence-corrected chi connectivity index (χ4v) is 4.95. The van der Waals surface area contributed by atoms with Gasteiger partial charge in [-0.25, -0.2) is 4.58 Å². The zero-order valence-electron chi connectivity index (χ0n) is 24.7. The second kappa shape index (κ2) is 12.9. The molecule has 1 aromatic rings. The molecular weight excluding hydrogens is 470 g/mol. The second-order valence-electron chi connectivity index (χ2n) is 10.7. The molecule has 38 heavy (non-hydrogen) atoms. The Hall–Kier alpha value is -3.34. The fraction of sp³-hybridized carbons (Fsp3) is 0.455. The van der Waals surface area contributed by atoms with Crippen LogP contribution in [-0.2, 0) is 9.53 Å². The Morgan fingerprint density at radius 2 is 2.03 bits per heavy atom. The lowest BCUT2D eigenvalue weighted by molar-refractivity contribution is -0.498. The van der Waals surface area contributed by atoms with Crippen LogP contribution >= 0.6 is 0 Å². The number of methoxy groups -OCH3 is 1. The van der Waals surface area contributed by atoms with Crippen LogP contribution in [0.5, 0.6) is 0 Å². The number of nitrogens with one attached hydrogen (secondary N) is 1. The van der Waals surface area contributed by atoms with Gasteiger partial charge in [0.05, 0.1) is 30.5 Å². The minimum atomic E-state index is 0.153. The number of ether oxygens (including phenoxy) is 1. The number of aryl methyl sites for hydroxylation is 1. The van der Waals surface area contributed by atoms with Crippen molar-refractivity contribution in [2.75, 3.05) is 38.0 Å². The van der Waals surface area contributed by atoms with Crippen molar-refractivity contribution in [2.24, 2.45) is 5.92 Å². The highest BCUT2D eigenvalue weighted by molar-refractivity contribution is 6.03.